The number of rotatable bonds is 3. The molecule has 1 aliphatic heterocycles. The fraction of sp³-hybridized carbons (Fsp3) is 0.267. The van der Waals surface area contributed by atoms with Crippen molar-refractivity contribution in [2.45, 2.75) is 6.04 Å². The molecule has 1 aromatic heterocycles. The molecule has 3 N–H and O–H groups in total. The van der Waals surface area contributed by atoms with Crippen LogP contribution in [0.2, 0.25) is 0 Å². The van der Waals surface area contributed by atoms with Gasteiger partial charge in [-0.15, -0.1) is 0 Å². The van der Waals surface area contributed by atoms with E-state index in [2.05, 4.69) is 15.6 Å². The lowest BCUT2D eigenvalue weighted by Gasteiger charge is -2.28. The SMILES string of the molecule is COc1ccc([C@@H]2NC(=O)Nc3c2c(=O)[nH]c(=O)n3C)cc1OC. The predicted octanol–water partition coefficient (Wildman–Crippen LogP) is 0.315. The summed E-state index contributed by atoms with van der Waals surface area (Å²) in [7, 11) is 4.47. The van der Waals surface area contributed by atoms with Gasteiger partial charge < -0.3 is 14.8 Å². The van der Waals surface area contributed by atoms with Crippen LogP contribution >= 0.6 is 0 Å². The maximum absolute atomic E-state index is 12.3. The summed E-state index contributed by atoms with van der Waals surface area (Å²) < 4.78 is 11.6. The average molecular weight is 332 g/mol. The van der Waals surface area contributed by atoms with E-state index in [1.165, 1.54) is 25.8 Å². The Hall–Kier alpha value is -3.23. The van der Waals surface area contributed by atoms with Crippen molar-refractivity contribution in [3.63, 3.8) is 0 Å². The number of hydrogen-bond acceptors (Lipinski definition) is 5. The maximum Gasteiger partial charge on any atom is 0.329 e. The minimum absolute atomic E-state index is 0.160. The van der Waals surface area contributed by atoms with Crippen LogP contribution in [0.25, 0.3) is 0 Å². The highest BCUT2D eigenvalue weighted by atomic mass is 16.5. The highest BCUT2D eigenvalue weighted by Gasteiger charge is 2.31. The van der Waals surface area contributed by atoms with E-state index in [-0.39, 0.29) is 11.4 Å². The summed E-state index contributed by atoms with van der Waals surface area (Å²) in [5, 5.41) is 5.18. The monoisotopic (exact) mass is 332 g/mol. The molecule has 0 bridgehead atoms. The lowest BCUT2D eigenvalue weighted by Crippen LogP contribution is -2.46. The first kappa shape index (κ1) is 15.7. The quantitative estimate of drug-likeness (QED) is 0.749. The van der Waals surface area contributed by atoms with Crippen molar-refractivity contribution in [1.82, 2.24) is 14.9 Å². The maximum atomic E-state index is 12.3. The van der Waals surface area contributed by atoms with Gasteiger partial charge >= 0.3 is 11.7 Å². The van der Waals surface area contributed by atoms with Crippen LogP contribution in [0.4, 0.5) is 10.6 Å². The van der Waals surface area contributed by atoms with Crippen LogP contribution in [0.15, 0.2) is 27.8 Å². The van der Waals surface area contributed by atoms with Crippen molar-refractivity contribution in [2.75, 3.05) is 19.5 Å². The lowest BCUT2D eigenvalue weighted by atomic mass is 9.98. The van der Waals surface area contributed by atoms with E-state index in [9.17, 15) is 14.4 Å². The van der Waals surface area contributed by atoms with Crippen molar-refractivity contribution in [3.8, 4) is 11.5 Å². The zero-order valence-electron chi connectivity index (χ0n) is 13.3. The second-order valence-electron chi connectivity index (χ2n) is 5.23. The molecule has 9 nitrogen and oxygen atoms in total. The number of aromatic nitrogens is 2. The van der Waals surface area contributed by atoms with Crippen LogP contribution < -0.4 is 31.4 Å². The number of carbonyl (C=O) groups excluding carboxylic acids is 1. The number of carbonyl (C=O) groups is 1. The van der Waals surface area contributed by atoms with Crippen molar-refractivity contribution in [1.29, 1.82) is 0 Å². The number of benzene rings is 1. The molecule has 2 heterocycles. The number of nitrogens with zero attached hydrogens (tertiary/aromatic N) is 1. The lowest BCUT2D eigenvalue weighted by molar-refractivity contribution is 0.248. The number of amides is 2. The molecule has 126 valence electrons. The number of nitrogens with one attached hydrogen (secondary N) is 3. The fourth-order valence-electron chi connectivity index (χ4n) is 2.69. The number of urea groups is 1. The Morgan fingerprint density at radius 1 is 1.08 bits per heavy atom. The summed E-state index contributed by atoms with van der Waals surface area (Å²) in [5.41, 5.74) is -0.316. The molecule has 0 spiro atoms. The second-order valence-corrected chi connectivity index (χ2v) is 5.23. The summed E-state index contributed by atoms with van der Waals surface area (Å²) >= 11 is 0. The molecule has 0 aliphatic carbocycles. The summed E-state index contributed by atoms with van der Waals surface area (Å²) in [6.07, 6.45) is 0. The largest absolute Gasteiger partial charge is 0.493 e. The third kappa shape index (κ3) is 2.39. The van der Waals surface area contributed by atoms with Crippen LogP contribution in [-0.4, -0.2) is 29.8 Å². The van der Waals surface area contributed by atoms with Crippen LogP contribution in [0, 0.1) is 0 Å². The molecule has 9 heteroatoms. The van der Waals surface area contributed by atoms with Gasteiger partial charge in [0.2, 0.25) is 0 Å². The topological polar surface area (TPSA) is 114 Å². The highest BCUT2D eigenvalue weighted by molar-refractivity contribution is 5.92. The number of aromatic amines is 1. The summed E-state index contributed by atoms with van der Waals surface area (Å²) in [6, 6.07) is 3.82. The Bertz CT molecular complexity index is 930. The van der Waals surface area contributed by atoms with Crippen LogP contribution in [-0.2, 0) is 7.05 Å². The van der Waals surface area contributed by atoms with E-state index in [1.54, 1.807) is 18.2 Å². The first-order chi connectivity index (χ1) is 11.5. The van der Waals surface area contributed by atoms with Gasteiger partial charge in [-0.25, -0.2) is 9.59 Å². The first-order valence-corrected chi connectivity index (χ1v) is 7.09. The minimum Gasteiger partial charge on any atom is -0.493 e. The minimum atomic E-state index is -0.732. The van der Waals surface area contributed by atoms with Gasteiger partial charge in [0.25, 0.3) is 5.56 Å². The normalized spacial score (nSPS) is 16.0. The highest BCUT2D eigenvalue weighted by Crippen LogP contribution is 2.34. The third-order valence-electron chi connectivity index (χ3n) is 3.90. The summed E-state index contributed by atoms with van der Waals surface area (Å²) in [6.45, 7) is 0. The molecule has 1 aromatic carbocycles. The van der Waals surface area contributed by atoms with Crippen LogP contribution in [0.3, 0.4) is 0 Å². The van der Waals surface area contributed by atoms with Crippen molar-refractivity contribution >= 4 is 11.8 Å². The molecular weight excluding hydrogens is 316 g/mol. The van der Waals surface area contributed by atoms with Gasteiger partial charge in [0.05, 0.1) is 25.8 Å². The molecule has 0 radical (unpaired) electrons. The summed E-state index contributed by atoms with van der Waals surface area (Å²) in [5.74, 6) is 1.15. The molecule has 0 saturated heterocycles. The van der Waals surface area contributed by atoms with Gasteiger partial charge in [0, 0.05) is 7.05 Å². The molecule has 0 fully saturated rings. The standard InChI is InChI=1S/C15H16N4O5/c1-19-12-10(13(20)18-15(19)22)11(16-14(21)17-12)7-4-5-8(23-2)9(6-7)24-3/h4-6,11H,1-3H3,(H2,16,17,21)(H,18,20,22)/t11-/m0/s1. The zero-order valence-corrected chi connectivity index (χ0v) is 13.3. The van der Waals surface area contributed by atoms with E-state index >= 15 is 0 Å². The molecule has 3 rings (SSSR count). The molecule has 0 unspecified atom stereocenters. The number of ether oxygens (including phenoxy) is 2. The van der Waals surface area contributed by atoms with Gasteiger partial charge in [-0.3, -0.25) is 19.7 Å². The van der Waals surface area contributed by atoms with E-state index in [4.69, 9.17) is 9.47 Å². The Morgan fingerprint density at radius 2 is 1.79 bits per heavy atom. The Morgan fingerprint density at radius 3 is 2.46 bits per heavy atom. The van der Waals surface area contributed by atoms with E-state index in [1.807, 2.05) is 0 Å². The van der Waals surface area contributed by atoms with Gasteiger partial charge in [-0.1, -0.05) is 6.07 Å². The van der Waals surface area contributed by atoms with Crippen LogP contribution in [0.1, 0.15) is 17.2 Å². The van der Waals surface area contributed by atoms with Gasteiger partial charge in [0.15, 0.2) is 11.5 Å². The average Bonchev–Trinajstić information content (AvgIpc) is 2.58. The number of anilines is 1. The number of H-pyrrole nitrogens is 1. The number of methoxy groups -OCH3 is 2. The number of hydrogen-bond donors (Lipinski definition) is 3. The Balaban J connectivity index is 2.21. The van der Waals surface area contributed by atoms with E-state index in [0.29, 0.717) is 17.1 Å². The Kier molecular flexibility index (Phi) is 3.76. The predicted molar refractivity (Wildman–Crippen MR) is 85.8 cm³/mol. The zero-order chi connectivity index (χ0) is 17.4. The first-order valence-electron chi connectivity index (χ1n) is 7.09. The molecule has 2 aromatic rings. The Labute approximate surface area is 136 Å². The molecule has 24 heavy (non-hydrogen) atoms. The van der Waals surface area contributed by atoms with Gasteiger partial charge in [-0.2, -0.15) is 0 Å². The van der Waals surface area contributed by atoms with Crippen molar-refractivity contribution < 1.29 is 14.3 Å². The van der Waals surface area contributed by atoms with E-state index in [0.717, 1.165) is 0 Å². The van der Waals surface area contributed by atoms with Crippen molar-refractivity contribution in [2.24, 2.45) is 7.05 Å². The molecule has 1 aliphatic rings. The van der Waals surface area contributed by atoms with Crippen molar-refractivity contribution in [3.05, 3.63) is 50.2 Å². The third-order valence-corrected chi connectivity index (χ3v) is 3.90. The summed E-state index contributed by atoms with van der Waals surface area (Å²) in [4.78, 5) is 38.2. The number of fused-ring (bicyclic) bond motifs is 1. The second kappa shape index (κ2) is 5.76. The smallest absolute Gasteiger partial charge is 0.329 e. The molecule has 0 saturated carbocycles. The fourth-order valence-corrected chi connectivity index (χ4v) is 2.69. The molecule has 1 atom stereocenters. The molecule has 2 amide bonds. The van der Waals surface area contributed by atoms with Crippen LogP contribution in [0.5, 0.6) is 11.5 Å². The van der Waals surface area contributed by atoms with Gasteiger partial charge in [0.1, 0.15) is 5.82 Å². The molecular formula is C15H16N4O5. The van der Waals surface area contributed by atoms with Gasteiger partial charge in [-0.05, 0) is 17.7 Å². The van der Waals surface area contributed by atoms with E-state index < -0.39 is 23.3 Å².